The minimum Gasteiger partial charge on any atom is -0.309 e. The van der Waals surface area contributed by atoms with Crippen LogP contribution in [0, 0.1) is 5.92 Å². The Bertz CT molecular complexity index is 101. The average Bonchev–Trinajstić information content (AvgIpc) is 2.04. The molecule has 3 nitrogen and oxygen atoms in total. The lowest BCUT2D eigenvalue weighted by Crippen LogP contribution is -1.94. The van der Waals surface area contributed by atoms with Gasteiger partial charge in [-0.3, -0.25) is 0 Å². The molecule has 6 heteroatoms. The van der Waals surface area contributed by atoms with Crippen molar-refractivity contribution < 1.29 is 23.0 Å². The predicted molar refractivity (Wildman–Crippen MR) is 41.3 cm³/mol. The summed E-state index contributed by atoms with van der Waals surface area (Å²) in [5, 5.41) is 0. The summed E-state index contributed by atoms with van der Waals surface area (Å²) in [5.41, 5.74) is 0. The highest BCUT2D eigenvalue weighted by Crippen LogP contribution is 2.40. The first-order chi connectivity index (χ1) is 5.70. The van der Waals surface area contributed by atoms with Gasteiger partial charge in [-0.2, -0.15) is 0 Å². The summed E-state index contributed by atoms with van der Waals surface area (Å²) in [4.78, 5) is 0. The van der Waals surface area contributed by atoms with Crippen LogP contribution in [-0.2, 0) is 14.0 Å². The van der Waals surface area contributed by atoms with Gasteiger partial charge in [0.15, 0.2) is 0 Å². The number of hydrogen-bond donors (Lipinski definition) is 0. The molecule has 0 amide bonds. The monoisotopic (exact) mass is 202 g/mol. The molecule has 0 saturated carbocycles. The van der Waals surface area contributed by atoms with Crippen LogP contribution >= 0.6 is 8.60 Å². The largest absolute Gasteiger partial charge is 0.403 e. The zero-order valence-electron chi connectivity index (χ0n) is 7.13. The van der Waals surface area contributed by atoms with Crippen molar-refractivity contribution in [2.24, 2.45) is 5.92 Å². The summed E-state index contributed by atoms with van der Waals surface area (Å²) < 4.78 is 33.2. The van der Waals surface area contributed by atoms with E-state index in [2.05, 4.69) is 27.8 Å². The molecule has 74 valence electrons. The second kappa shape index (κ2) is 7.80. The highest BCUT2D eigenvalue weighted by Gasteiger charge is 2.13. The summed E-state index contributed by atoms with van der Waals surface area (Å²) in [6, 6.07) is 0. The van der Waals surface area contributed by atoms with Gasteiger partial charge in [-0.1, -0.05) is 13.8 Å². The molecule has 0 bridgehead atoms. The van der Waals surface area contributed by atoms with Crippen LogP contribution in [0.15, 0.2) is 0 Å². The lowest BCUT2D eigenvalue weighted by atomic mass is 10.1. The van der Waals surface area contributed by atoms with Crippen molar-refractivity contribution in [3.63, 3.8) is 0 Å². The van der Waals surface area contributed by atoms with Crippen LogP contribution in [-0.4, -0.2) is 6.61 Å². The van der Waals surface area contributed by atoms with E-state index in [1.807, 2.05) is 0 Å². The van der Waals surface area contributed by atoms with Crippen LogP contribution in [0.3, 0.4) is 0 Å². The quantitative estimate of drug-likeness (QED) is 0.467. The predicted octanol–water partition coefficient (Wildman–Crippen LogP) is 3.47. The van der Waals surface area contributed by atoms with E-state index in [9.17, 15) is 9.05 Å². The summed E-state index contributed by atoms with van der Waals surface area (Å²) in [5.74, 6) is 0.553. The van der Waals surface area contributed by atoms with E-state index >= 15 is 0 Å². The fourth-order valence-electron chi connectivity index (χ4n) is 0.681. The molecule has 0 radical (unpaired) electrons. The minimum absolute atomic E-state index is 0.248. The fraction of sp³-hybridized carbons (Fsp3) is 1.00. The van der Waals surface area contributed by atoms with Crippen molar-refractivity contribution in [1.82, 2.24) is 0 Å². The molecule has 0 aliphatic carbocycles. The summed E-state index contributed by atoms with van der Waals surface area (Å²) >= 11 is 0. The highest BCUT2D eigenvalue weighted by molar-refractivity contribution is 7.41. The Morgan fingerprint density at radius 3 is 2.25 bits per heavy atom. The molecule has 0 aromatic carbocycles. The van der Waals surface area contributed by atoms with Crippen LogP contribution < -0.4 is 0 Å². The lowest BCUT2D eigenvalue weighted by Gasteiger charge is -2.06. The Morgan fingerprint density at radius 1 is 1.25 bits per heavy atom. The van der Waals surface area contributed by atoms with Gasteiger partial charge in [0, 0.05) is 0 Å². The fourth-order valence-corrected chi connectivity index (χ4v) is 1.06. The third-order valence-corrected chi connectivity index (χ3v) is 1.85. The number of rotatable bonds is 7. The van der Waals surface area contributed by atoms with Crippen molar-refractivity contribution in [3.8, 4) is 0 Å². The molecule has 0 aromatic heterocycles. The van der Waals surface area contributed by atoms with E-state index in [0.717, 1.165) is 12.8 Å². The Hall–Kier alpha value is 0.170. The Morgan fingerprint density at radius 2 is 1.83 bits per heavy atom. The van der Waals surface area contributed by atoms with Gasteiger partial charge in [0.1, 0.15) is 0 Å². The Balaban J connectivity index is 3.17. The van der Waals surface area contributed by atoms with E-state index in [-0.39, 0.29) is 6.61 Å². The molecule has 0 N–H and O–H groups in total. The van der Waals surface area contributed by atoms with Gasteiger partial charge in [-0.05, 0) is 27.8 Å². The second-order valence-corrected chi connectivity index (χ2v) is 3.71. The molecule has 0 atom stereocenters. The van der Waals surface area contributed by atoms with Gasteiger partial charge in [0.05, 0.1) is 6.61 Å². The first kappa shape index (κ1) is 12.2. The lowest BCUT2D eigenvalue weighted by molar-refractivity contribution is -0.0958. The maximum Gasteiger partial charge on any atom is 0.403 e. The second-order valence-electron chi connectivity index (χ2n) is 2.73. The summed E-state index contributed by atoms with van der Waals surface area (Å²) in [7, 11) is -2.42. The normalized spacial score (nSPS) is 11.5. The molecule has 0 heterocycles. The van der Waals surface area contributed by atoms with Crippen molar-refractivity contribution in [2.45, 2.75) is 26.7 Å². The van der Waals surface area contributed by atoms with Gasteiger partial charge in [0.2, 0.25) is 0 Å². The average molecular weight is 202 g/mol. The van der Waals surface area contributed by atoms with Crippen molar-refractivity contribution >= 4 is 8.60 Å². The molecule has 0 aromatic rings. The highest BCUT2D eigenvalue weighted by atomic mass is 31.2. The van der Waals surface area contributed by atoms with Crippen molar-refractivity contribution in [1.29, 1.82) is 0 Å². The zero-order valence-corrected chi connectivity index (χ0v) is 8.02. The van der Waals surface area contributed by atoms with Crippen molar-refractivity contribution in [3.05, 3.63) is 0 Å². The molecule has 0 aliphatic rings. The Labute approximate surface area is 71.8 Å². The number of halogens is 2. The third kappa shape index (κ3) is 6.85. The smallest absolute Gasteiger partial charge is 0.309 e. The van der Waals surface area contributed by atoms with Crippen LogP contribution in [0.25, 0.3) is 0 Å². The zero-order chi connectivity index (χ0) is 9.40. The van der Waals surface area contributed by atoms with E-state index in [1.54, 1.807) is 0 Å². The third-order valence-electron chi connectivity index (χ3n) is 1.24. The topological polar surface area (TPSA) is 27.7 Å². The first-order valence-corrected chi connectivity index (χ1v) is 4.80. The molecule has 0 unspecified atom stereocenters. The van der Waals surface area contributed by atoms with Gasteiger partial charge in [0.25, 0.3) is 0 Å². The molecule has 0 saturated heterocycles. The SMILES string of the molecule is CC(C)CCCOP(OF)OF. The number of hydrogen-bond acceptors (Lipinski definition) is 3. The summed E-state index contributed by atoms with van der Waals surface area (Å²) in [6.45, 7) is 4.36. The van der Waals surface area contributed by atoms with Crippen LogP contribution in [0.4, 0.5) is 9.05 Å². The maximum atomic E-state index is 11.3. The van der Waals surface area contributed by atoms with Gasteiger partial charge in [-0.15, -0.1) is 9.46 Å². The standard InChI is InChI=1S/C6H13F2O3P/c1-6(2)4-3-5-9-12(10-7)11-8/h6H,3-5H2,1-2H3. The van der Waals surface area contributed by atoms with Crippen LogP contribution in [0.5, 0.6) is 0 Å². The maximum absolute atomic E-state index is 11.3. The molecule has 0 rings (SSSR count). The molecular weight excluding hydrogens is 189 g/mol. The minimum atomic E-state index is -2.42. The van der Waals surface area contributed by atoms with E-state index in [0.29, 0.717) is 5.92 Å². The van der Waals surface area contributed by atoms with Crippen LogP contribution in [0.1, 0.15) is 26.7 Å². The van der Waals surface area contributed by atoms with Crippen LogP contribution in [0.2, 0.25) is 0 Å². The molecule has 0 aliphatic heterocycles. The van der Waals surface area contributed by atoms with E-state index in [4.69, 9.17) is 0 Å². The summed E-state index contributed by atoms with van der Waals surface area (Å²) in [6.07, 6.45) is 1.69. The van der Waals surface area contributed by atoms with Crippen molar-refractivity contribution in [2.75, 3.05) is 6.61 Å². The molecular formula is C6H13F2O3P. The van der Waals surface area contributed by atoms with E-state index in [1.165, 1.54) is 0 Å². The van der Waals surface area contributed by atoms with Gasteiger partial charge >= 0.3 is 8.60 Å². The Kier molecular flexibility index (Phi) is 7.91. The first-order valence-electron chi connectivity index (χ1n) is 3.71. The van der Waals surface area contributed by atoms with E-state index < -0.39 is 8.60 Å². The van der Waals surface area contributed by atoms with Gasteiger partial charge in [-0.25, -0.2) is 0 Å². The molecule has 12 heavy (non-hydrogen) atoms. The molecule has 0 spiro atoms. The molecule has 0 fully saturated rings. The van der Waals surface area contributed by atoms with Gasteiger partial charge < -0.3 is 4.52 Å².